The maximum absolute atomic E-state index is 14.8. The molecule has 10 rings (SSSR count). The Labute approximate surface area is 535 Å². The number of nitrogens with zero attached hydrogens (tertiary/aromatic N) is 7. The number of aliphatic hydroxyl groups is 1. The number of fused-ring (bicyclic) bond motifs is 14. The number of hydrogen-bond acceptors (Lipinski definition) is 23. The minimum Gasteiger partial charge on any atom is -0.508 e. The number of aromatic hydroxyl groups is 1. The van der Waals surface area contributed by atoms with Crippen LogP contribution in [0.1, 0.15) is 123 Å². The third kappa shape index (κ3) is 14.4. The number of pyridine rings is 1. The Morgan fingerprint density at radius 2 is 1.34 bits per heavy atom. The van der Waals surface area contributed by atoms with Crippen LogP contribution < -0.4 is 37.6 Å². The zero-order chi connectivity index (χ0) is 64.1. The van der Waals surface area contributed by atoms with Gasteiger partial charge in [-0.1, -0.05) is 75.9 Å². The van der Waals surface area contributed by atoms with E-state index in [1.54, 1.807) is 72.3 Å². The Balaban J connectivity index is 1.05. The zero-order valence-electron chi connectivity index (χ0n) is 47.5. The molecule has 6 unspecified atom stereocenters. The van der Waals surface area contributed by atoms with Crippen molar-refractivity contribution in [2.45, 2.75) is 70.3 Å². The molecule has 9 aromatic rings. The Hall–Kier alpha value is -9.63. The van der Waals surface area contributed by atoms with E-state index in [0.29, 0.717) is 54.4 Å². The van der Waals surface area contributed by atoms with Gasteiger partial charge in [-0.25, -0.2) is 39.7 Å². The number of aromatic nitrogens is 7. The number of thiazole rings is 6. The van der Waals surface area contributed by atoms with E-state index < -0.39 is 95.4 Å². The summed E-state index contributed by atoms with van der Waals surface area (Å²) in [6.07, 6.45) is 0.101. The number of carbonyl (C=O) groups is 8. The smallest absolute Gasteiger partial charge is 0.351 e. The molecule has 0 fully saturated rings. The van der Waals surface area contributed by atoms with E-state index >= 15 is 0 Å². The monoisotopic (exact) mass is 1320 g/mol. The second kappa shape index (κ2) is 27.4. The lowest BCUT2D eigenvalue weighted by atomic mass is 9.98. The molecule has 1 aliphatic heterocycles. The number of phenols is 1. The number of aliphatic hydroxyl groups excluding tert-OH is 1. The van der Waals surface area contributed by atoms with Gasteiger partial charge in [0.05, 0.1) is 36.1 Å². The first-order valence-corrected chi connectivity index (χ1v) is 32.3. The van der Waals surface area contributed by atoms with Gasteiger partial charge in [0, 0.05) is 38.4 Å². The number of amides is 7. The highest BCUT2D eigenvalue weighted by Gasteiger charge is 2.34. The Bertz CT molecular complexity index is 4290. The van der Waals surface area contributed by atoms with Crippen molar-refractivity contribution in [2.75, 3.05) is 0 Å². The molecule has 0 aliphatic carbocycles. The number of aryl methyl sites for hydroxylation is 1. The number of nitrogens with one attached hydrogen (secondary N) is 6. The maximum atomic E-state index is 14.8. The number of primary amides is 1. The number of hydrogen-bond donors (Lipinski definition) is 10. The van der Waals surface area contributed by atoms with E-state index in [0.717, 1.165) is 45.3 Å². The third-order valence-corrected chi connectivity index (χ3v) is 19.6. The molecule has 90 heavy (non-hydrogen) atoms. The van der Waals surface area contributed by atoms with Gasteiger partial charge in [-0.15, -0.1) is 68.0 Å². The summed E-state index contributed by atoms with van der Waals surface area (Å²) in [4.78, 5) is 141. The second-order valence-electron chi connectivity index (χ2n) is 20.2. The van der Waals surface area contributed by atoms with E-state index in [2.05, 4.69) is 59.7 Å². The van der Waals surface area contributed by atoms with Crippen molar-refractivity contribution in [3.8, 4) is 49.1 Å². The number of carboxylic acids is 1. The van der Waals surface area contributed by atoms with Gasteiger partial charge in [0.15, 0.2) is 0 Å². The molecule has 6 atom stereocenters. The molecule has 0 spiro atoms. The van der Waals surface area contributed by atoms with Crippen molar-refractivity contribution in [3.63, 3.8) is 0 Å². The normalized spacial score (nSPS) is 16.9. The molecule has 11 N–H and O–H groups in total. The van der Waals surface area contributed by atoms with E-state index in [1.807, 2.05) is 19.2 Å². The van der Waals surface area contributed by atoms with Crippen molar-refractivity contribution in [3.05, 3.63) is 172 Å². The van der Waals surface area contributed by atoms with Gasteiger partial charge < -0.3 is 53.0 Å². The van der Waals surface area contributed by atoms with Crippen molar-refractivity contribution in [1.29, 1.82) is 0 Å². The fourth-order valence-electron chi connectivity index (χ4n) is 9.01. The number of carbonyl (C=O) groups excluding carboxylic acids is 7. The van der Waals surface area contributed by atoms with Crippen molar-refractivity contribution < 1.29 is 53.7 Å². The van der Waals surface area contributed by atoms with E-state index in [4.69, 9.17) is 25.8 Å². The number of phenolic OH excluding ortho intramolecular Hbond substituents is 1. The van der Waals surface area contributed by atoms with Crippen LogP contribution in [0.15, 0.2) is 119 Å². The fourth-order valence-corrected chi connectivity index (χ4v) is 14.3. The van der Waals surface area contributed by atoms with Crippen LogP contribution in [-0.4, -0.2) is 104 Å². The molecule has 7 aromatic heterocycles. The summed E-state index contributed by atoms with van der Waals surface area (Å²) in [7, 11) is 0. The predicted molar refractivity (Wildman–Crippen MR) is 338 cm³/mol. The standard InChI is InChI=1S/C59H52N14O11S6/c1-6-25(2)42-57-70-39(24-88-57)55-67-36(21-85-55)44-32(16-17-33(64-44)54-68-37(22-86-54)49(79)62-26(3)47(77)63-27(4)59(83)84)53-61-20-40(90-53)51(81)66-35(19-41(60)75)56-73-43(28(5)89-56)52(82)72-45(46(76)30-10-8-7-9-11-30)58-69-38(23-87-58)50(80)65-34(48(78)71-42)18-29-12-14-31(74)15-13-29/h7-17,20-25,34-35,42,45-46,74,76H,3-4,6,18-19H2,1-2,5H3,(H2,60,75)(H,62,79)(H,63,77)(H,65,80)(H,66,81)(H,71,78)(H,72,82)(H,83,84). The summed E-state index contributed by atoms with van der Waals surface area (Å²) in [6, 6.07) is 13.7. The molecule has 0 saturated heterocycles. The minimum atomic E-state index is -1.48. The molecule has 460 valence electrons. The molecule has 7 amide bonds. The molecule has 25 nitrogen and oxygen atoms in total. The zero-order valence-corrected chi connectivity index (χ0v) is 52.4. The Kier molecular flexibility index (Phi) is 19.3. The van der Waals surface area contributed by atoms with Crippen molar-refractivity contribution >= 4 is 115 Å². The summed E-state index contributed by atoms with van der Waals surface area (Å²) in [6.45, 7) is 12.3. The maximum Gasteiger partial charge on any atom is 0.351 e. The van der Waals surface area contributed by atoms with E-state index in [1.165, 1.54) is 51.8 Å². The molecule has 0 radical (unpaired) electrons. The number of carboxylic acid groups (broad SMARTS) is 1. The van der Waals surface area contributed by atoms with Crippen LogP contribution in [0, 0.1) is 12.8 Å². The minimum absolute atomic E-state index is 0.00140. The number of aliphatic carboxylic acids is 1. The van der Waals surface area contributed by atoms with Crippen LogP contribution in [0.3, 0.4) is 0 Å². The molecule has 8 heterocycles. The number of benzene rings is 2. The average molecular weight is 1330 g/mol. The lowest BCUT2D eigenvalue weighted by molar-refractivity contribution is -0.134. The van der Waals surface area contributed by atoms with Crippen LogP contribution in [0.25, 0.3) is 43.4 Å². The third-order valence-electron chi connectivity index (χ3n) is 13.9. The van der Waals surface area contributed by atoms with Crippen LogP contribution in [-0.2, 0) is 25.6 Å². The first-order chi connectivity index (χ1) is 43.1. The van der Waals surface area contributed by atoms with Crippen LogP contribution in [0.2, 0.25) is 0 Å². The first kappa shape index (κ1) is 63.4. The number of nitrogens with two attached hydrogens (primary N) is 1. The van der Waals surface area contributed by atoms with Gasteiger partial charge in [-0.05, 0) is 48.2 Å². The van der Waals surface area contributed by atoms with Crippen molar-refractivity contribution in [1.82, 2.24) is 66.8 Å². The Morgan fingerprint density at radius 1 is 0.667 bits per heavy atom. The van der Waals surface area contributed by atoms with E-state index in [9.17, 15) is 48.6 Å². The first-order valence-electron chi connectivity index (χ1n) is 27.1. The van der Waals surface area contributed by atoms with Gasteiger partial charge in [0.2, 0.25) is 11.8 Å². The Morgan fingerprint density at radius 3 is 2.07 bits per heavy atom. The highest BCUT2D eigenvalue weighted by molar-refractivity contribution is 7.17. The van der Waals surface area contributed by atoms with E-state index in [-0.39, 0.29) is 66.5 Å². The van der Waals surface area contributed by atoms with Gasteiger partial charge in [0.25, 0.3) is 29.5 Å². The van der Waals surface area contributed by atoms with Crippen molar-refractivity contribution in [2.24, 2.45) is 11.7 Å². The van der Waals surface area contributed by atoms with Gasteiger partial charge >= 0.3 is 5.97 Å². The summed E-state index contributed by atoms with van der Waals surface area (Å²) in [5.74, 6) is -7.02. The largest absolute Gasteiger partial charge is 0.508 e. The topological polar surface area (TPSA) is 386 Å². The van der Waals surface area contributed by atoms with Crippen LogP contribution in [0.5, 0.6) is 5.75 Å². The lowest BCUT2D eigenvalue weighted by Crippen LogP contribution is -2.49. The highest BCUT2D eigenvalue weighted by atomic mass is 32.1. The molecule has 1 aliphatic rings. The second-order valence-corrected chi connectivity index (χ2v) is 26.0. The van der Waals surface area contributed by atoms with Crippen LogP contribution in [0.4, 0.5) is 0 Å². The average Bonchev–Trinajstić information content (AvgIpc) is 1.72. The summed E-state index contributed by atoms with van der Waals surface area (Å²) < 4.78 is 0. The molecule has 2 aromatic carbocycles. The van der Waals surface area contributed by atoms with Gasteiger partial charge in [-0.3, -0.25) is 33.6 Å². The predicted octanol–water partition coefficient (Wildman–Crippen LogP) is 7.57. The van der Waals surface area contributed by atoms with Gasteiger partial charge in [0.1, 0.15) is 98.7 Å². The fraction of sp³-hybridized carbons (Fsp3) is 0.203. The molecule has 0 saturated carbocycles. The molecule has 31 heteroatoms. The lowest BCUT2D eigenvalue weighted by Gasteiger charge is -2.26. The summed E-state index contributed by atoms with van der Waals surface area (Å²) in [5, 5.41) is 55.5. The molecule has 10 bridgehead atoms. The molecular weight excluding hydrogens is 1270 g/mol. The quantitative estimate of drug-likeness (QED) is 0.0469. The highest BCUT2D eigenvalue weighted by Crippen LogP contribution is 2.40. The SMILES string of the molecule is C=C(NC(=O)C(=C)NC(=O)c1csc(-c2ccc3c(n2)-c2csc(n2)-c2csc(n2)C(C(C)CC)NC(=O)C(Cc2ccc(O)cc2)NC(=O)c2csc(n2)C(C(O)c2ccccc2)NC(=O)c2nc(sc2C)C(CC(N)=O)NC(=O)c2cnc-3s2)n1)C(=O)O. The number of rotatable bonds is 14. The summed E-state index contributed by atoms with van der Waals surface area (Å²) >= 11 is 6.59. The molecular formula is C59H52N14O11S6. The van der Waals surface area contributed by atoms with Gasteiger partial charge in [-0.2, -0.15) is 0 Å². The summed E-state index contributed by atoms with van der Waals surface area (Å²) in [5.41, 5.74) is 7.10. The van der Waals surface area contributed by atoms with Crippen LogP contribution >= 0.6 is 68.0 Å².